The number of nitrogens with one attached hydrogen (secondary N) is 1. The van der Waals surface area contributed by atoms with Crippen molar-refractivity contribution in [3.8, 4) is 5.69 Å². The molecule has 1 aliphatic rings. The van der Waals surface area contributed by atoms with Crippen LogP contribution in [0.4, 0.5) is 10.1 Å². The van der Waals surface area contributed by atoms with E-state index < -0.39 is 0 Å². The molecule has 0 radical (unpaired) electrons. The maximum absolute atomic E-state index is 13.3. The van der Waals surface area contributed by atoms with Crippen LogP contribution in [0.1, 0.15) is 46.2 Å². The lowest BCUT2D eigenvalue weighted by atomic mass is 10.0. The number of piperidine rings is 1. The van der Waals surface area contributed by atoms with E-state index in [1.54, 1.807) is 58.9 Å². The SMILES string of the molecule is O=C(Cc1cccc(F)c1)Nc1cnn(-c2ccc(C(=O)N3CCCCC3c3nccs3)cc2)c1. The highest BCUT2D eigenvalue weighted by Gasteiger charge is 2.30. The molecule has 0 spiro atoms. The van der Waals surface area contributed by atoms with Crippen LogP contribution < -0.4 is 5.32 Å². The molecule has 2 aromatic carbocycles. The Morgan fingerprint density at radius 2 is 2.00 bits per heavy atom. The van der Waals surface area contributed by atoms with Crippen molar-refractivity contribution in [2.75, 3.05) is 11.9 Å². The van der Waals surface area contributed by atoms with Gasteiger partial charge in [-0.05, 0) is 61.2 Å². The van der Waals surface area contributed by atoms with Crippen molar-refractivity contribution < 1.29 is 14.0 Å². The molecule has 1 fully saturated rings. The second kappa shape index (κ2) is 10.2. The number of likely N-dealkylation sites (tertiary alicyclic amines) is 1. The third-order valence-electron chi connectivity index (χ3n) is 6.00. The highest BCUT2D eigenvalue weighted by atomic mass is 32.1. The molecular formula is C26H24FN5O2S. The van der Waals surface area contributed by atoms with E-state index >= 15 is 0 Å². The molecule has 1 aliphatic heterocycles. The van der Waals surface area contributed by atoms with E-state index in [1.807, 2.05) is 22.4 Å². The molecule has 1 atom stereocenters. The van der Waals surface area contributed by atoms with E-state index in [9.17, 15) is 14.0 Å². The summed E-state index contributed by atoms with van der Waals surface area (Å²) in [5.74, 6) is -0.626. The zero-order valence-electron chi connectivity index (χ0n) is 18.9. The van der Waals surface area contributed by atoms with Gasteiger partial charge >= 0.3 is 0 Å². The first-order valence-corrected chi connectivity index (χ1v) is 12.3. The predicted molar refractivity (Wildman–Crippen MR) is 132 cm³/mol. The van der Waals surface area contributed by atoms with Crippen molar-refractivity contribution in [2.24, 2.45) is 0 Å². The number of thiazole rings is 1. The Kier molecular flexibility index (Phi) is 6.67. The monoisotopic (exact) mass is 489 g/mol. The van der Waals surface area contributed by atoms with Gasteiger partial charge in [-0.1, -0.05) is 12.1 Å². The van der Waals surface area contributed by atoms with Gasteiger partial charge in [0.05, 0.1) is 36.2 Å². The minimum atomic E-state index is -0.371. The highest BCUT2D eigenvalue weighted by Crippen LogP contribution is 2.33. The molecule has 0 saturated carbocycles. The van der Waals surface area contributed by atoms with Crippen molar-refractivity contribution in [1.82, 2.24) is 19.7 Å². The summed E-state index contributed by atoms with van der Waals surface area (Å²) in [5.41, 5.74) is 2.52. The van der Waals surface area contributed by atoms with Gasteiger partial charge in [0.25, 0.3) is 5.91 Å². The van der Waals surface area contributed by atoms with Crippen LogP contribution in [0.15, 0.2) is 72.5 Å². The molecule has 2 amide bonds. The minimum absolute atomic E-state index is 0.00205. The molecule has 1 unspecified atom stereocenters. The molecule has 1 N–H and O–H groups in total. The lowest BCUT2D eigenvalue weighted by Crippen LogP contribution is -2.38. The Hall–Kier alpha value is -3.85. The molecule has 0 bridgehead atoms. The zero-order chi connectivity index (χ0) is 24.2. The fourth-order valence-corrected chi connectivity index (χ4v) is 5.10. The van der Waals surface area contributed by atoms with Crippen LogP contribution in [0, 0.1) is 5.82 Å². The number of anilines is 1. The first-order chi connectivity index (χ1) is 17.1. The smallest absolute Gasteiger partial charge is 0.254 e. The third-order valence-corrected chi connectivity index (χ3v) is 6.88. The Balaban J connectivity index is 1.24. The highest BCUT2D eigenvalue weighted by molar-refractivity contribution is 7.09. The number of rotatable bonds is 6. The number of hydrogen-bond acceptors (Lipinski definition) is 5. The van der Waals surface area contributed by atoms with Gasteiger partial charge in [0, 0.05) is 23.7 Å². The van der Waals surface area contributed by atoms with Gasteiger partial charge in [0.1, 0.15) is 10.8 Å². The van der Waals surface area contributed by atoms with E-state index in [0.717, 1.165) is 36.5 Å². The fourth-order valence-electron chi connectivity index (χ4n) is 4.32. The number of aromatic nitrogens is 3. The van der Waals surface area contributed by atoms with Gasteiger partial charge in [-0.15, -0.1) is 11.3 Å². The third kappa shape index (κ3) is 5.30. The number of carbonyl (C=O) groups excluding carboxylic acids is 2. The molecule has 3 heterocycles. The van der Waals surface area contributed by atoms with Gasteiger partial charge in [-0.25, -0.2) is 14.1 Å². The van der Waals surface area contributed by atoms with Crippen molar-refractivity contribution >= 4 is 28.8 Å². The fraction of sp³-hybridized carbons (Fsp3) is 0.231. The van der Waals surface area contributed by atoms with Gasteiger partial charge < -0.3 is 10.2 Å². The molecule has 4 aromatic rings. The largest absolute Gasteiger partial charge is 0.329 e. The average Bonchev–Trinajstić information content (AvgIpc) is 3.56. The second-order valence-corrected chi connectivity index (χ2v) is 9.38. The predicted octanol–water partition coefficient (Wildman–Crippen LogP) is 5.02. The molecule has 1 saturated heterocycles. The number of nitrogens with zero attached hydrogens (tertiary/aromatic N) is 4. The summed E-state index contributed by atoms with van der Waals surface area (Å²) in [6.07, 6.45) is 8.11. The maximum atomic E-state index is 13.3. The van der Waals surface area contributed by atoms with Crippen molar-refractivity contribution in [3.05, 3.63) is 94.5 Å². The van der Waals surface area contributed by atoms with E-state index in [-0.39, 0.29) is 30.1 Å². The van der Waals surface area contributed by atoms with Gasteiger partial charge in [-0.3, -0.25) is 9.59 Å². The molecular weight excluding hydrogens is 465 g/mol. The molecule has 178 valence electrons. The Bertz CT molecular complexity index is 1320. The Morgan fingerprint density at radius 3 is 2.77 bits per heavy atom. The summed E-state index contributed by atoms with van der Waals surface area (Å²) in [7, 11) is 0. The quantitative estimate of drug-likeness (QED) is 0.413. The van der Waals surface area contributed by atoms with Crippen LogP contribution in [-0.4, -0.2) is 38.0 Å². The molecule has 0 aliphatic carbocycles. The number of hydrogen-bond donors (Lipinski definition) is 1. The molecule has 5 rings (SSSR count). The first kappa shape index (κ1) is 22.9. The van der Waals surface area contributed by atoms with Crippen molar-refractivity contribution in [1.29, 1.82) is 0 Å². The summed E-state index contributed by atoms with van der Waals surface area (Å²) in [4.78, 5) is 31.9. The number of carbonyl (C=O) groups is 2. The average molecular weight is 490 g/mol. The van der Waals surface area contributed by atoms with Gasteiger partial charge in [-0.2, -0.15) is 5.10 Å². The van der Waals surface area contributed by atoms with E-state index in [4.69, 9.17) is 0 Å². The molecule has 9 heteroatoms. The van der Waals surface area contributed by atoms with Gasteiger partial charge in [0.15, 0.2) is 0 Å². The van der Waals surface area contributed by atoms with E-state index in [2.05, 4.69) is 15.4 Å². The second-order valence-electron chi connectivity index (χ2n) is 8.46. The minimum Gasteiger partial charge on any atom is -0.329 e. The lowest BCUT2D eigenvalue weighted by Gasteiger charge is -2.34. The summed E-state index contributed by atoms with van der Waals surface area (Å²) < 4.78 is 15.0. The molecule has 35 heavy (non-hydrogen) atoms. The molecule has 7 nitrogen and oxygen atoms in total. The normalized spacial score (nSPS) is 15.7. The first-order valence-electron chi connectivity index (χ1n) is 11.5. The summed E-state index contributed by atoms with van der Waals surface area (Å²) in [5, 5.41) is 10.0. The van der Waals surface area contributed by atoms with Crippen LogP contribution in [0.5, 0.6) is 0 Å². The topological polar surface area (TPSA) is 80.1 Å². The van der Waals surface area contributed by atoms with E-state index in [1.165, 1.54) is 12.1 Å². The number of halogens is 1. The Morgan fingerprint density at radius 1 is 1.14 bits per heavy atom. The van der Waals surface area contributed by atoms with Crippen molar-refractivity contribution in [2.45, 2.75) is 31.7 Å². The number of benzene rings is 2. The summed E-state index contributed by atoms with van der Waals surface area (Å²) in [6, 6.07) is 13.3. The standard InChI is InChI=1S/C26H24FN5O2S/c27-20-5-3-4-18(14-20)15-24(33)30-21-16-29-32(17-21)22-9-7-19(8-10-22)26(34)31-12-2-1-6-23(31)25-28-11-13-35-25/h3-5,7-11,13-14,16-17,23H,1-2,6,12,15H2,(H,30,33). The molecule has 2 aromatic heterocycles. The number of amides is 2. The van der Waals surface area contributed by atoms with Crippen LogP contribution in [-0.2, 0) is 11.2 Å². The van der Waals surface area contributed by atoms with Crippen LogP contribution in [0.3, 0.4) is 0 Å². The lowest BCUT2D eigenvalue weighted by molar-refractivity contribution is -0.115. The maximum Gasteiger partial charge on any atom is 0.254 e. The summed E-state index contributed by atoms with van der Waals surface area (Å²) >= 11 is 1.59. The van der Waals surface area contributed by atoms with Crippen molar-refractivity contribution in [3.63, 3.8) is 0 Å². The van der Waals surface area contributed by atoms with Gasteiger partial charge in [0.2, 0.25) is 5.91 Å². The Labute approximate surface area is 206 Å². The summed E-state index contributed by atoms with van der Waals surface area (Å²) in [6.45, 7) is 0.725. The van der Waals surface area contributed by atoms with E-state index in [0.29, 0.717) is 16.8 Å². The van der Waals surface area contributed by atoms with Crippen LogP contribution in [0.2, 0.25) is 0 Å². The zero-order valence-corrected chi connectivity index (χ0v) is 19.7. The van der Waals surface area contributed by atoms with Crippen LogP contribution >= 0.6 is 11.3 Å². The van der Waals surface area contributed by atoms with Crippen LogP contribution in [0.25, 0.3) is 5.69 Å².